The fourth-order valence-electron chi connectivity index (χ4n) is 1.56. The summed E-state index contributed by atoms with van der Waals surface area (Å²) in [5.74, 6) is 0.116. The highest BCUT2D eigenvalue weighted by molar-refractivity contribution is 7.20. The van der Waals surface area contributed by atoms with Crippen molar-refractivity contribution in [3.05, 3.63) is 20.3 Å². The summed E-state index contributed by atoms with van der Waals surface area (Å²) in [7, 11) is 1.79. The summed E-state index contributed by atoms with van der Waals surface area (Å²) in [6.07, 6.45) is 2.05. The number of carbonyl (C=O) groups is 1. The van der Waals surface area contributed by atoms with E-state index in [1.165, 1.54) is 11.3 Å². The van der Waals surface area contributed by atoms with Gasteiger partial charge in [-0.2, -0.15) is 0 Å². The second-order valence-electron chi connectivity index (χ2n) is 4.29. The summed E-state index contributed by atoms with van der Waals surface area (Å²) in [6, 6.07) is 1.95. The molecular formula is C12H18Cl2N2OS. The first-order valence-electron chi connectivity index (χ1n) is 5.85. The van der Waals surface area contributed by atoms with Crippen LogP contribution < -0.4 is 5.73 Å². The van der Waals surface area contributed by atoms with Gasteiger partial charge in [-0.1, -0.05) is 23.2 Å². The summed E-state index contributed by atoms with van der Waals surface area (Å²) in [4.78, 5) is 13.5. The molecule has 1 rings (SSSR count). The maximum absolute atomic E-state index is 11.8. The Morgan fingerprint density at radius 3 is 2.72 bits per heavy atom. The van der Waals surface area contributed by atoms with Gasteiger partial charge in [0.15, 0.2) is 0 Å². The normalized spacial score (nSPS) is 12.5. The summed E-state index contributed by atoms with van der Waals surface area (Å²) >= 11 is 13.2. The third-order valence-corrected chi connectivity index (χ3v) is 4.53. The molecule has 0 aromatic carbocycles. The smallest absolute Gasteiger partial charge is 0.222 e. The topological polar surface area (TPSA) is 46.3 Å². The Labute approximate surface area is 122 Å². The number of rotatable bonds is 6. The van der Waals surface area contributed by atoms with Crippen molar-refractivity contribution in [1.29, 1.82) is 0 Å². The predicted octanol–water partition coefficient (Wildman–Crippen LogP) is 3.18. The fourth-order valence-corrected chi connectivity index (χ4v) is 3.10. The van der Waals surface area contributed by atoms with Crippen LogP contribution in [0.4, 0.5) is 0 Å². The van der Waals surface area contributed by atoms with E-state index in [2.05, 4.69) is 0 Å². The monoisotopic (exact) mass is 308 g/mol. The average molecular weight is 309 g/mol. The van der Waals surface area contributed by atoms with Gasteiger partial charge in [-0.25, -0.2) is 0 Å². The van der Waals surface area contributed by atoms with Gasteiger partial charge in [0.1, 0.15) is 0 Å². The van der Waals surface area contributed by atoms with Gasteiger partial charge in [-0.3, -0.25) is 4.79 Å². The zero-order valence-corrected chi connectivity index (χ0v) is 12.9. The van der Waals surface area contributed by atoms with E-state index in [9.17, 15) is 4.79 Å². The number of thiophene rings is 1. The SMILES string of the molecule is CC(CN)N(C)C(=O)CCCc1cc(Cl)sc1Cl. The summed E-state index contributed by atoms with van der Waals surface area (Å²) in [5, 5.41) is 0. The van der Waals surface area contributed by atoms with Crippen LogP contribution in [-0.2, 0) is 11.2 Å². The first kappa shape index (κ1) is 15.8. The minimum Gasteiger partial charge on any atom is -0.342 e. The Morgan fingerprint density at radius 2 is 2.22 bits per heavy atom. The lowest BCUT2D eigenvalue weighted by Crippen LogP contribution is -2.39. The number of carbonyl (C=O) groups excluding carboxylic acids is 1. The largest absolute Gasteiger partial charge is 0.342 e. The maximum Gasteiger partial charge on any atom is 0.222 e. The van der Waals surface area contributed by atoms with Crippen molar-refractivity contribution in [2.75, 3.05) is 13.6 Å². The minimum absolute atomic E-state index is 0.0803. The molecule has 2 N–H and O–H groups in total. The lowest BCUT2D eigenvalue weighted by molar-refractivity contribution is -0.131. The van der Waals surface area contributed by atoms with E-state index in [1.54, 1.807) is 11.9 Å². The van der Waals surface area contributed by atoms with E-state index in [0.717, 1.165) is 22.7 Å². The summed E-state index contributed by atoms with van der Waals surface area (Å²) in [6.45, 7) is 2.42. The van der Waals surface area contributed by atoms with Crippen LogP contribution in [-0.4, -0.2) is 30.4 Å². The van der Waals surface area contributed by atoms with E-state index >= 15 is 0 Å². The molecule has 102 valence electrons. The van der Waals surface area contributed by atoms with Crippen LogP contribution in [0.3, 0.4) is 0 Å². The van der Waals surface area contributed by atoms with Gasteiger partial charge in [0, 0.05) is 26.1 Å². The van der Waals surface area contributed by atoms with Gasteiger partial charge in [-0.05, 0) is 31.4 Å². The molecule has 3 nitrogen and oxygen atoms in total. The molecule has 6 heteroatoms. The summed E-state index contributed by atoms with van der Waals surface area (Å²) < 4.78 is 1.41. The van der Waals surface area contributed by atoms with E-state index < -0.39 is 0 Å². The lowest BCUT2D eigenvalue weighted by atomic mass is 10.1. The minimum atomic E-state index is 0.0803. The number of nitrogens with zero attached hydrogens (tertiary/aromatic N) is 1. The lowest BCUT2D eigenvalue weighted by Gasteiger charge is -2.23. The van der Waals surface area contributed by atoms with E-state index in [0.29, 0.717) is 17.3 Å². The zero-order valence-electron chi connectivity index (χ0n) is 10.6. The van der Waals surface area contributed by atoms with E-state index in [-0.39, 0.29) is 11.9 Å². The zero-order chi connectivity index (χ0) is 13.7. The third-order valence-electron chi connectivity index (χ3n) is 2.96. The molecule has 0 aliphatic heterocycles. The van der Waals surface area contributed by atoms with Crippen LogP contribution in [0, 0.1) is 0 Å². The molecule has 0 saturated carbocycles. The number of nitrogens with two attached hydrogens (primary N) is 1. The maximum atomic E-state index is 11.8. The van der Waals surface area contributed by atoms with Gasteiger partial charge < -0.3 is 10.6 Å². The molecule has 1 heterocycles. The summed E-state index contributed by atoms with van der Waals surface area (Å²) in [5.41, 5.74) is 6.55. The first-order valence-corrected chi connectivity index (χ1v) is 7.42. The van der Waals surface area contributed by atoms with Crippen LogP contribution in [0.25, 0.3) is 0 Å². The van der Waals surface area contributed by atoms with Crippen LogP contribution in [0.15, 0.2) is 6.07 Å². The molecule has 0 spiro atoms. The molecule has 1 amide bonds. The molecule has 1 atom stereocenters. The molecule has 0 aliphatic carbocycles. The molecule has 1 aromatic rings. The number of amides is 1. The second-order valence-corrected chi connectivity index (χ2v) is 6.58. The van der Waals surface area contributed by atoms with Crippen molar-refractivity contribution in [3.63, 3.8) is 0 Å². The molecule has 0 radical (unpaired) electrons. The van der Waals surface area contributed by atoms with Gasteiger partial charge >= 0.3 is 0 Å². The number of hydrogen-bond donors (Lipinski definition) is 1. The Bertz CT molecular complexity index is 409. The van der Waals surface area contributed by atoms with Gasteiger partial charge in [0.05, 0.1) is 8.67 Å². The molecule has 0 aliphatic rings. The Balaban J connectivity index is 2.38. The van der Waals surface area contributed by atoms with Crippen molar-refractivity contribution in [2.24, 2.45) is 5.73 Å². The van der Waals surface area contributed by atoms with E-state index in [1.807, 2.05) is 13.0 Å². The molecule has 0 saturated heterocycles. The number of likely N-dealkylation sites (N-methyl/N-ethyl adjacent to an activating group) is 1. The van der Waals surface area contributed by atoms with Crippen molar-refractivity contribution in [2.45, 2.75) is 32.2 Å². The Morgan fingerprint density at radius 1 is 1.56 bits per heavy atom. The van der Waals surface area contributed by atoms with Crippen LogP contribution in [0.5, 0.6) is 0 Å². The molecule has 1 aromatic heterocycles. The van der Waals surface area contributed by atoms with Crippen molar-refractivity contribution < 1.29 is 4.79 Å². The van der Waals surface area contributed by atoms with Crippen LogP contribution in [0.2, 0.25) is 8.67 Å². The predicted molar refractivity (Wildman–Crippen MR) is 78.6 cm³/mol. The highest BCUT2D eigenvalue weighted by Crippen LogP contribution is 2.32. The Kier molecular flexibility index (Phi) is 6.43. The third kappa shape index (κ3) is 4.43. The Hall–Kier alpha value is -0.290. The number of aryl methyl sites for hydroxylation is 1. The van der Waals surface area contributed by atoms with Gasteiger partial charge in [0.2, 0.25) is 5.91 Å². The molecule has 1 unspecified atom stereocenters. The van der Waals surface area contributed by atoms with Crippen LogP contribution >= 0.6 is 34.5 Å². The molecule has 0 fully saturated rings. The first-order chi connectivity index (χ1) is 8.45. The van der Waals surface area contributed by atoms with Crippen molar-refractivity contribution in [3.8, 4) is 0 Å². The van der Waals surface area contributed by atoms with Crippen LogP contribution in [0.1, 0.15) is 25.3 Å². The standard InChI is InChI=1S/C12H18Cl2N2OS/c1-8(7-15)16(2)11(17)5-3-4-9-6-10(13)18-12(9)14/h6,8H,3-5,7,15H2,1-2H3. The molecule has 0 bridgehead atoms. The average Bonchev–Trinajstić information content (AvgIpc) is 2.65. The fraction of sp³-hybridized carbons (Fsp3) is 0.583. The molecular weight excluding hydrogens is 291 g/mol. The van der Waals surface area contributed by atoms with Gasteiger partial charge in [0.25, 0.3) is 0 Å². The second kappa shape index (κ2) is 7.34. The highest BCUT2D eigenvalue weighted by atomic mass is 35.5. The van der Waals surface area contributed by atoms with Crippen molar-refractivity contribution in [1.82, 2.24) is 4.90 Å². The molecule has 18 heavy (non-hydrogen) atoms. The number of hydrogen-bond acceptors (Lipinski definition) is 3. The quantitative estimate of drug-likeness (QED) is 0.877. The van der Waals surface area contributed by atoms with Crippen molar-refractivity contribution >= 4 is 40.4 Å². The highest BCUT2D eigenvalue weighted by Gasteiger charge is 2.14. The van der Waals surface area contributed by atoms with Gasteiger partial charge in [-0.15, -0.1) is 11.3 Å². The van der Waals surface area contributed by atoms with E-state index in [4.69, 9.17) is 28.9 Å². The number of halogens is 2.